The highest BCUT2D eigenvalue weighted by atomic mass is 15.1. The van der Waals surface area contributed by atoms with E-state index in [-0.39, 0.29) is 0 Å². The number of pyridine rings is 1. The van der Waals surface area contributed by atoms with Gasteiger partial charge in [0.05, 0.1) is 11.4 Å². The lowest BCUT2D eigenvalue weighted by Crippen LogP contribution is -2.22. The van der Waals surface area contributed by atoms with Crippen molar-refractivity contribution in [1.29, 1.82) is 5.26 Å². The van der Waals surface area contributed by atoms with Gasteiger partial charge in [0.1, 0.15) is 23.3 Å². The topological polar surface area (TPSA) is 98.5 Å². The van der Waals surface area contributed by atoms with Crippen molar-refractivity contribution < 1.29 is 0 Å². The molecule has 0 aromatic carbocycles. The number of anilines is 2. The summed E-state index contributed by atoms with van der Waals surface area (Å²) in [5.74, 6) is 2.03. The Labute approximate surface area is 163 Å². The average molecular weight is 371 g/mol. The van der Waals surface area contributed by atoms with E-state index in [1.807, 2.05) is 36.4 Å². The summed E-state index contributed by atoms with van der Waals surface area (Å²) in [7, 11) is 0. The van der Waals surface area contributed by atoms with Crippen LogP contribution in [0.4, 0.5) is 11.8 Å². The Hall–Kier alpha value is -3.66. The number of allylic oxidation sites excluding steroid dienone is 4. The van der Waals surface area contributed by atoms with Crippen LogP contribution in [0.2, 0.25) is 0 Å². The van der Waals surface area contributed by atoms with Gasteiger partial charge in [-0.15, -0.1) is 0 Å². The molecular formula is C21H21N7. The van der Waals surface area contributed by atoms with Gasteiger partial charge in [0.25, 0.3) is 0 Å². The number of aromatic nitrogens is 3. The van der Waals surface area contributed by atoms with Crippen LogP contribution in [0.1, 0.15) is 31.4 Å². The Kier molecular flexibility index (Phi) is 5.29. The minimum absolute atomic E-state index is 0.415. The molecule has 0 saturated heterocycles. The highest BCUT2D eigenvalue weighted by Gasteiger charge is 2.17. The van der Waals surface area contributed by atoms with E-state index in [2.05, 4.69) is 37.0 Å². The summed E-state index contributed by atoms with van der Waals surface area (Å²) < 4.78 is 0. The highest BCUT2D eigenvalue weighted by molar-refractivity contribution is 5.79. The normalized spacial score (nSPS) is 18.0. The van der Waals surface area contributed by atoms with Gasteiger partial charge < -0.3 is 16.0 Å². The molecule has 0 bridgehead atoms. The second-order valence-electron chi connectivity index (χ2n) is 6.70. The fraction of sp³-hybridized carbons (Fsp3) is 0.238. The van der Waals surface area contributed by atoms with E-state index in [0.29, 0.717) is 29.0 Å². The lowest BCUT2D eigenvalue weighted by Gasteiger charge is -2.18. The van der Waals surface area contributed by atoms with Gasteiger partial charge in [0.15, 0.2) is 0 Å². The molecule has 2 aliphatic rings. The fourth-order valence-corrected chi connectivity index (χ4v) is 3.34. The molecular weight excluding hydrogens is 350 g/mol. The van der Waals surface area contributed by atoms with Gasteiger partial charge in [-0.2, -0.15) is 5.26 Å². The standard InChI is InChI=1S/C21H21N7/c22-14-16(18-11-13-24-21(27-18)25-15-6-1-2-7-15)17-8-5-10-20(26-17)28-19-9-3-4-12-23-19/h3-5,8-13,15,26H,1-2,6-7H2,(H,23,28)(H,24,25,27). The molecule has 1 saturated carbocycles. The largest absolute Gasteiger partial charge is 0.351 e. The number of nitrogens with zero attached hydrogens (tertiary/aromatic N) is 4. The summed E-state index contributed by atoms with van der Waals surface area (Å²) in [5.41, 5.74) is 1.72. The van der Waals surface area contributed by atoms with E-state index in [1.165, 1.54) is 12.8 Å². The quantitative estimate of drug-likeness (QED) is 0.691. The van der Waals surface area contributed by atoms with Crippen LogP contribution in [-0.4, -0.2) is 21.0 Å². The first-order chi connectivity index (χ1) is 13.8. The minimum atomic E-state index is 0.415. The zero-order valence-electron chi connectivity index (χ0n) is 15.4. The number of nitrogens with one attached hydrogen (secondary N) is 3. The molecule has 140 valence electrons. The summed E-state index contributed by atoms with van der Waals surface area (Å²) in [6.07, 6.45) is 13.8. The molecule has 3 heterocycles. The minimum Gasteiger partial charge on any atom is -0.351 e. The van der Waals surface area contributed by atoms with E-state index < -0.39 is 0 Å². The first kappa shape index (κ1) is 17.7. The first-order valence-electron chi connectivity index (χ1n) is 9.39. The Bertz CT molecular complexity index is 964. The first-order valence-corrected chi connectivity index (χ1v) is 9.39. The molecule has 7 heteroatoms. The van der Waals surface area contributed by atoms with Crippen molar-refractivity contribution in [3.8, 4) is 6.07 Å². The number of nitriles is 1. The molecule has 1 fully saturated rings. The smallest absolute Gasteiger partial charge is 0.223 e. The number of rotatable bonds is 5. The summed E-state index contributed by atoms with van der Waals surface area (Å²) in [6, 6.07) is 10.1. The molecule has 28 heavy (non-hydrogen) atoms. The maximum absolute atomic E-state index is 9.77. The van der Waals surface area contributed by atoms with Crippen molar-refractivity contribution in [2.24, 2.45) is 0 Å². The molecule has 2 aromatic rings. The van der Waals surface area contributed by atoms with Gasteiger partial charge in [-0.05, 0) is 43.2 Å². The molecule has 3 N–H and O–H groups in total. The lowest BCUT2D eigenvalue weighted by atomic mass is 10.1. The van der Waals surface area contributed by atoms with Gasteiger partial charge in [0, 0.05) is 18.4 Å². The second kappa shape index (κ2) is 8.35. The third-order valence-electron chi connectivity index (χ3n) is 4.70. The molecule has 0 atom stereocenters. The summed E-state index contributed by atoms with van der Waals surface area (Å²) in [5, 5.41) is 19.6. The van der Waals surface area contributed by atoms with Crippen LogP contribution in [0.3, 0.4) is 0 Å². The molecule has 2 aromatic heterocycles. The molecule has 0 radical (unpaired) electrons. The molecule has 0 spiro atoms. The van der Waals surface area contributed by atoms with Crippen molar-refractivity contribution in [3.05, 3.63) is 72.1 Å². The van der Waals surface area contributed by atoms with Gasteiger partial charge in [-0.3, -0.25) is 0 Å². The Morgan fingerprint density at radius 1 is 1.14 bits per heavy atom. The summed E-state index contributed by atoms with van der Waals surface area (Å²) >= 11 is 0. The van der Waals surface area contributed by atoms with E-state index >= 15 is 0 Å². The van der Waals surface area contributed by atoms with Crippen LogP contribution in [0.25, 0.3) is 5.57 Å². The molecule has 7 nitrogen and oxygen atoms in total. The monoisotopic (exact) mass is 371 g/mol. The molecule has 1 aliphatic carbocycles. The molecule has 4 rings (SSSR count). The fourth-order valence-electron chi connectivity index (χ4n) is 3.34. The highest BCUT2D eigenvalue weighted by Crippen LogP contribution is 2.23. The van der Waals surface area contributed by atoms with E-state index in [1.54, 1.807) is 18.5 Å². The zero-order valence-corrected chi connectivity index (χ0v) is 15.4. The van der Waals surface area contributed by atoms with Crippen molar-refractivity contribution >= 4 is 17.3 Å². The maximum atomic E-state index is 9.77. The number of hydrogen-bond acceptors (Lipinski definition) is 7. The van der Waals surface area contributed by atoms with Crippen LogP contribution in [0.15, 0.2) is 66.4 Å². The zero-order chi connectivity index (χ0) is 19.2. The van der Waals surface area contributed by atoms with Crippen LogP contribution in [-0.2, 0) is 0 Å². The number of hydrogen-bond donors (Lipinski definition) is 3. The van der Waals surface area contributed by atoms with Gasteiger partial charge in [-0.25, -0.2) is 15.0 Å². The van der Waals surface area contributed by atoms with E-state index in [4.69, 9.17) is 0 Å². The van der Waals surface area contributed by atoms with Crippen LogP contribution in [0.5, 0.6) is 0 Å². The predicted molar refractivity (Wildman–Crippen MR) is 109 cm³/mol. The van der Waals surface area contributed by atoms with Gasteiger partial charge in [0.2, 0.25) is 5.95 Å². The Morgan fingerprint density at radius 2 is 2.04 bits per heavy atom. The van der Waals surface area contributed by atoms with E-state index in [0.717, 1.165) is 24.5 Å². The van der Waals surface area contributed by atoms with Crippen LogP contribution >= 0.6 is 0 Å². The predicted octanol–water partition coefficient (Wildman–Crippen LogP) is 3.57. The molecule has 1 aliphatic heterocycles. The van der Waals surface area contributed by atoms with Crippen molar-refractivity contribution in [1.82, 2.24) is 20.3 Å². The molecule has 0 amide bonds. The van der Waals surface area contributed by atoms with E-state index in [9.17, 15) is 5.26 Å². The maximum Gasteiger partial charge on any atom is 0.223 e. The third-order valence-corrected chi connectivity index (χ3v) is 4.70. The lowest BCUT2D eigenvalue weighted by molar-refractivity contribution is 0.743. The number of dihydropyridines is 1. The SMILES string of the molecule is N#CC(=C1C=CC=C(Nc2ccccn2)N1)c1ccnc(NC2CCCC2)n1. The van der Waals surface area contributed by atoms with Crippen LogP contribution < -0.4 is 16.0 Å². The average Bonchev–Trinajstić information content (AvgIpc) is 3.23. The third kappa shape index (κ3) is 4.18. The summed E-state index contributed by atoms with van der Waals surface area (Å²) in [4.78, 5) is 13.1. The van der Waals surface area contributed by atoms with Gasteiger partial charge >= 0.3 is 0 Å². The second-order valence-corrected chi connectivity index (χ2v) is 6.70. The summed E-state index contributed by atoms with van der Waals surface area (Å²) in [6.45, 7) is 0. The van der Waals surface area contributed by atoms with Crippen molar-refractivity contribution in [2.75, 3.05) is 10.6 Å². The molecule has 0 unspecified atom stereocenters. The van der Waals surface area contributed by atoms with Crippen molar-refractivity contribution in [3.63, 3.8) is 0 Å². The van der Waals surface area contributed by atoms with Gasteiger partial charge in [-0.1, -0.05) is 25.0 Å². The van der Waals surface area contributed by atoms with Crippen molar-refractivity contribution in [2.45, 2.75) is 31.7 Å². The Balaban J connectivity index is 1.54. The Morgan fingerprint density at radius 3 is 2.82 bits per heavy atom. The van der Waals surface area contributed by atoms with Crippen LogP contribution in [0, 0.1) is 11.3 Å².